The first-order chi connectivity index (χ1) is 6.20. The molecule has 0 aromatic rings. The van der Waals surface area contributed by atoms with Crippen LogP contribution in [0.25, 0.3) is 0 Å². The number of rotatable bonds is 3. The molecule has 0 spiro atoms. The Morgan fingerprint density at radius 1 is 1.31 bits per heavy atom. The third-order valence-corrected chi connectivity index (χ3v) is 2.46. The van der Waals surface area contributed by atoms with E-state index in [9.17, 15) is 10.2 Å². The largest absolute Gasteiger partial charge is 0.394 e. The van der Waals surface area contributed by atoms with E-state index in [2.05, 4.69) is 0 Å². The van der Waals surface area contributed by atoms with E-state index in [1.54, 1.807) is 0 Å². The summed E-state index contributed by atoms with van der Waals surface area (Å²) in [6, 6.07) is 0. The van der Waals surface area contributed by atoms with E-state index in [1.165, 1.54) is 0 Å². The lowest BCUT2D eigenvalue weighted by atomic mass is 9.90. The molecule has 0 aliphatic carbocycles. The van der Waals surface area contributed by atoms with Gasteiger partial charge < -0.3 is 25.8 Å². The van der Waals surface area contributed by atoms with Crippen LogP contribution in [0.5, 0.6) is 0 Å². The fourth-order valence-electron chi connectivity index (χ4n) is 1.57. The lowest BCUT2D eigenvalue weighted by Gasteiger charge is -2.36. The third-order valence-electron chi connectivity index (χ3n) is 2.46. The van der Waals surface area contributed by atoms with Crippen LogP contribution in [0.2, 0.25) is 0 Å². The Labute approximate surface area is 77.1 Å². The highest BCUT2D eigenvalue weighted by atomic mass is 16.5. The predicted octanol–water partition coefficient (Wildman–Crippen LogP) is -1.94. The van der Waals surface area contributed by atoms with Crippen molar-refractivity contribution < 1.29 is 20.1 Å². The highest BCUT2D eigenvalue weighted by Gasteiger charge is 2.37. The van der Waals surface area contributed by atoms with Crippen molar-refractivity contribution >= 4 is 0 Å². The summed E-state index contributed by atoms with van der Waals surface area (Å²) in [5.74, 6) is -0.122. The number of aliphatic hydroxyl groups is 3. The van der Waals surface area contributed by atoms with Gasteiger partial charge in [0.15, 0.2) is 0 Å². The molecular weight excluding hydrogens is 174 g/mol. The Balaban J connectivity index is 2.48. The highest BCUT2D eigenvalue weighted by Crippen LogP contribution is 2.22. The summed E-state index contributed by atoms with van der Waals surface area (Å²) in [4.78, 5) is 0. The van der Waals surface area contributed by atoms with E-state index < -0.39 is 18.3 Å². The van der Waals surface area contributed by atoms with E-state index >= 15 is 0 Å². The molecule has 1 aliphatic heterocycles. The molecule has 0 aromatic carbocycles. The van der Waals surface area contributed by atoms with Gasteiger partial charge in [0.25, 0.3) is 0 Å². The van der Waals surface area contributed by atoms with Gasteiger partial charge in [0.05, 0.1) is 19.3 Å². The zero-order valence-electron chi connectivity index (χ0n) is 7.47. The lowest BCUT2D eigenvalue weighted by Crippen LogP contribution is -2.51. The van der Waals surface area contributed by atoms with Gasteiger partial charge in [-0.25, -0.2) is 0 Å². The second-order valence-electron chi connectivity index (χ2n) is 3.37. The fraction of sp³-hybridized carbons (Fsp3) is 1.00. The minimum Gasteiger partial charge on any atom is -0.394 e. The Morgan fingerprint density at radius 3 is 2.54 bits per heavy atom. The van der Waals surface area contributed by atoms with Crippen LogP contribution in [0.4, 0.5) is 0 Å². The standard InChI is InChI=1S/C8H17NO4/c9-2-1-5-4-13-6(3-10)8(12)7(5)11/h5-8,10-12H,1-4,9H2. The fourth-order valence-corrected chi connectivity index (χ4v) is 1.57. The molecule has 1 rings (SSSR count). The first-order valence-corrected chi connectivity index (χ1v) is 4.49. The highest BCUT2D eigenvalue weighted by molar-refractivity contribution is 4.86. The smallest absolute Gasteiger partial charge is 0.109 e. The maximum absolute atomic E-state index is 9.57. The van der Waals surface area contributed by atoms with Gasteiger partial charge in [-0.2, -0.15) is 0 Å². The summed E-state index contributed by atoms with van der Waals surface area (Å²) in [6.45, 7) is 0.538. The molecule has 1 saturated heterocycles. The van der Waals surface area contributed by atoms with Crippen LogP contribution in [-0.4, -0.2) is 53.4 Å². The Kier molecular flexibility index (Phi) is 4.08. The van der Waals surface area contributed by atoms with E-state index in [1.807, 2.05) is 0 Å². The maximum atomic E-state index is 9.57. The monoisotopic (exact) mass is 191 g/mol. The van der Waals surface area contributed by atoms with Gasteiger partial charge in [0, 0.05) is 5.92 Å². The first-order valence-electron chi connectivity index (χ1n) is 4.49. The van der Waals surface area contributed by atoms with Gasteiger partial charge in [0.1, 0.15) is 12.2 Å². The van der Waals surface area contributed by atoms with Gasteiger partial charge in [0.2, 0.25) is 0 Å². The van der Waals surface area contributed by atoms with Crippen molar-refractivity contribution in [3.05, 3.63) is 0 Å². The molecule has 1 heterocycles. The molecule has 5 N–H and O–H groups in total. The molecule has 1 fully saturated rings. The molecule has 78 valence electrons. The van der Waals surface area contributed by atoms with Crippen molar-refractivity contribution in [1.82, 2.24) is 0 Å². The molecule has 4 atom stereocenters. The molecule has 1 aliphatic rings. The molecule has 0 bridgehead atoms. The van der Waals surface area contributed by atoms with Gasteiger partial charge in [-0.05, 0) is 13.0 Å². The molecule has 4 unspecified atom stereocenters. The number of hydrogen-bond acceptors (Lipinski definition) is 5. The van der Waals surface area contributed by atoms with Crippen molar-refractivity contribution in [2.45, 2.75) is 24.7 Å². The van der Waals surface area contributed by atoms with Gasteiger partial charge in [-0.15, -0.1) is 0 Å². The zero-order valence-corrected chi connectivity index (χ0v) is 7.47. The zero-order chi connectivity index (χ0) is 9.84. The van der Waals surface area contributed by atoms with Crippen LogP contribution in [0.15, 0.2) is 0 Å². The van der Waals surface area contributed by atoms with Crippen molar-refractivity contribution in [1.29, 1.82) is 0 Å². The van der Waals surface area contributed by atoms with Crippen LogP contribution in [-0.2, 0) is 4.74 Å². The number of nitrogens with two attached hydrogens (primary N) is 1. The van der Waals surface area contributed by atoms with Crippen molar-refractivity contribution in [2.75, 3.05) is 19.8 Å². The molecular formula is C8H17NO4. The summed E-state index contributed by atoms with van der Waals surface area (Å²) in [6.07, 6.45) is -1.88. The molecule has 0 aromatic heterocycles. The predicted molar refractivity (Wildman–Crippen MR) is 46.0 cm³/mol. The number of hydrogen-bond donors (Lipinski definition) is 4. The molecule has 13 heavy (non-hydrogen) atoms. The van der Waals surface area contributed by atoms with E-state index in [0.717, 1.165) is 0 Å². The summed E-state index contributed by atoms with van der Waals surface area (Å²) in [5.41, 5.74) is 5.34. The van der Waals surface area contributed by atoms with Crippen molar-refractivity contribution in [3.63, 3.8) is 0 Å². The summed E-state index contributed by atoms with van der Waals surface area (Å²) >= 11 is 0. The molecule has 0 amide bonds. The maximum Gasteiger partial charge on any atom is 0.109 e. The van der Waals surface area contributed by atoms with Crippen molar-refractivity contribution in [3.8, 4) is 0 Å². The van der Waals surface area contributed by atoms with Gasteiger partial charge in [-0.1, -0.05) is 0 Å². The second-order valence-corrected chi connectivity index (χ2v) is 3.37. The van der Waals surface area contributed by atoms with E-state index in [-0.39, 0.29) is 12.5 Å². The van der Waals surface area contributed by atoms with Crippen LogP contribution < -0.4 is 5.73 Å². The minimum absolute atomic E-state index is 0.122. The van der Waals surface area contributed by atoms with Crippen LogP contribution >= 0.6 is 0 Å². The second kappa shape index (κ2) is 4.88. The Hall–Kier alpha value is -0.200. The Morgan fingerprint density at radius 2 is 2.00 bits per heavy atom. The van der Waals surface area contributed by atoms with Crippen LogP contribution in [0, 0.1) is 5.92 Å². The average molecular weight is 191 g/mol. The normalized spacial score (nSPS) is 40.6. The van der Waals surface area contributed by atoms with E-state index in [0.29, 0.717) is 19.6 Å². The first kappa shape index (κ1) is 10.9. The van der Waals surface area contributed by atoms with Gasteiger partial charge >= 0.3 is 0 Å². The third kappa shape index (κ3) is 2.38. The topological polar surface area (TPSA) is 95.9 Å². The van der Waals surface area contributed by atoms with Crippen LogP contribution in [0.1, 0.15) is 6.42 Å². The van der Waals surface area contributed by atoms with Crippen molar-refractivity contribution in [2.24, 2.45) is 11.7 Å². The molecule has 0 radical (unpaired) electrons. The summed E-state index contributed by atoms with van der Waals surface area (Å²) < 4.78 is 5.16. The molecule has 5 heteroatoms. The Bertz CT molecular complexity index is 153. The van der Waals surface area contributed by atoms with E-state index in [4.69, 9.17) is 15.6 Å². The molecule has 0 saturated carbocycles. The summed E-state index contributed by atoms with van der Waals surface area (Å²) in [7, 11) is 0. The van der Waals surface area contributed by atoms with Crippen LogP contribution in [0.3, 0.4) is 0 Å². The number of aliphatic hydroxyl groups excluding tert-OH is 3. The number of ether oxygens (including phenoxy) is 1. The molecule has 5 nitrogen and oxygen atoms in total. The summed E-state index contributed by atoms with van der Waals surface area (Å²) in [5, 5.41) is 27.8. The quantitative estimate of drug-likeness (QED) is 0.416. The van der Waals surface area contributed by atoms with Gasteiger partial charge in [-0.3, -0.25) is 0 Å². The SMILES string of the molecule is NCCC1COC(CO)C(O)C1O. The average Bonchev–Trinajstić information content (AvgIpc) is 2.14. The minimum atomic E-state index is -1.00. The lowest BCUT2D eigenvalue weighted by molar-refractivity contribution is -0.175.